The van der Waals surface area contributed by atoms with E-state index in [2.05, 4.69) is 10.6 Å². The summed E-state index contributed by atoms with van der Waals surface area (Å²) in [6, 6.07) is 26.2. The number of phosphoric ester groups is 1. The Morgan fingerprint density at radius 2 is 1.10 bits per heavy atom. The average molecular weight is 1670 g/mol. The van der Waals surface area contributed by atoms with Crippen LogP contribution in [0.25, 0.3) is 21.5 Å². The molecule has 4 heterocycles. The zero-order valence-electron chi connectivity index (χ0n) is 64.0. The van der Waals surface area contributed by atoms with Gasteiger partial charge in [0.15, 0.2) is 5.78 Å². The molecule has 9 rings (SSSR count). The van der Waals surface area contributed by atoms with Gasteiger partial charge in [-0.3, -0.25) is 48.2 Å². The highest BCUT2D eigenvalue weighted by molar-refractivity contribution is 8.00. The standard InChI is InChI=1S/C78H98Cl2N7O23PS2/c1-50(2)72(82-68(89)21-27-102-31-33-104-35-37-106-39-40-107-38-36-105-34-32-103-30-26-85-69(90)44-67(112-6)76(85)94)62(88)41-51(3)73(91)81-55-17-15-52(16-18-55)49-108-77(95)83(24-28-100-4)22-23-84(25-29-101-5)78(96)109-63-42-60-70(58-13-9-7-11-56(58)63)53(45-79)47-86(60)74(92)65-19-20-66(113-65)75(93)87-48-54(46-80)71-59-14-10-8-12-57(59)64(43-61(71)87)110-111(97,98)99/h7-20,42-43,50-51,53-54,67,72H,21-41,44-49H2,1-6H3,(H,81,91)(H,82,89)(H2,97,98,99)/t51-,53-,54-,67?,72+/m1/s1. The van der Waals surface area contributed by atoms with Gasteiger partial charge >= 0.3 is 20.0 Å². The van der Waals surface area contributed by atoms with Gasteiger partial charge in [-0.1, -0.05) is 81.4 Å². The number of hydrogen-bond acceptors (Lipinski definition) is 23. The first-order valence-electron chi connectivity index (χ1n) is 37.1. The van der Waals surface area contributed by atoms with Crippen LogP contribution < -0.4 is 29.7 Å². The van der Waals surface area contributed by atoms with Gasteiger partial charge in [-0.05, 0) is 63.9 Å². The molecule has 30 nitrogen and oxygen atoms in total. The summed E-state index contributed by atoms with van der Waals surface area (Å²) in [5.74, 6) is -3.74. The maximum absolute atomic E-state index is 14.8. The Morgan fingerprint density at radius 1 is 0.619 bits per heavy atom. The molecule has 1 aromatic heterocycles. The molecular weight excluding hydrogens is 1570 g/mol. The quantitative estimate of drug-likeness (QED) is 0.0119. The third-order valence-electron chi connectivity index (χ3n) is 19.0. The molecule has 4 N–H and O–H groups in total. The number of alkyl halides is 2. The molecule has 3 aliphatic rings. The molecule has 35 heteroatoms. The van der Waals surface area contributed by atoms with Crippen molar-refractivity contribution in [2.45, 2.75) is 69.8 Å². The fourth-order valence-corrected chi connectivity index (χ4v) is 15.6. The van der Waals surface area contributed by atoms with E-state index in [1.54, 1.807) is 105 Å². The van der Waals surface area contributed by atoms with Crippen molar-refractivity contribution < 1.29 is 109 Å². The zero-order valence-corrected chi connectivity index (χ0v) is 68.1. The second-order valence-corrected chi connectivity index (χ2v) is 31.1. The smallest absolute Gasteiger partial charge is 0.445 e. The highest BCUT2D eigenvalue weighted by Gasteiger charge is 2.41. The number of Topliss-reactive ketones (excluding diaryl/α,β-unsaturated/α-hetero) is 1. The number of amides is 8. The van der Waals surface area contributed by atoms with Crippen molar-refractivity contribution >= 4 is 146 Å². The molecule has 614 valence electrons. The van der Waals surface area contributed by atoms with Crippen LogP contribution in [0.15, 0.2) is 97.1 Å². The summed E-state index contributed by atoms with van der Waals surface area (Å²) < 4.78 is 73.1. The van der Waals surface area contributed by atoms with Gasteiger partial charge in [-0.25, -0.2) is 14.2 Å². The van der Waals surface area contributed by atoms with E-state index >= 15 is 0 Å². The summed E-state index contributed by atoms with van der Waals surface area (Å²) in [7, 11) is -2.05. The maximum Gasteiger partial charge on any atom is 0.524 e. The van der Waals surface area contributed by atoms with E-state index in [9.17, 15) is 57.5 Å². The number of nitrogens with zero attached hydrogens (tertiary/aromatic N) is 5. The number of methoxy groups -OCH3 is 2. The van der Waals surface area contributed by atoms with E-state index in [1.807, 2.05) is 18.4 Å². The molecule has 0 saturated carbocycles. The number of imide groups is 1. The number of carbonyl (C=O) groups excluding carboxylic acids is 9. The Kier molecular flexibility index (Phi) is 34.9. The molecule has 1 fully saturated rings. The van der Waals surface area contributed by atoms with Crippen molar-refractivity contribution in [2.75, 3.05) is 186 Å². The number of thiophene rings is 1. The number of hydrogen-bond donors (Lipinski definition) is 4. The van der Waals surface area contributed by atoms with Crippen LogP contribution in [0.2, 0.25) is 0 Å². The van der Waals surface area contributed by atoms with E-state index in [1.165, 1.54) is 51.6 Å². The molecule has 8 amide bonds. The monoisotopic (exact) mass is 1670 g/mol. The number of phosphoric acid groups is 1. The van der Waals surface area contributed by atoms with E-state index < -0.39 is 49.7 Å². The zero-order chi connectivity index (χ0) is 81.1. The summed E-state index contributed by atoms with van der Waals surface area (Å²) in [5.41, 5.74) is 3.31. The van der Waals surface area contributed by atoms with E-state index in [0.717, 1.165) is 22.5 Å². The third-order valence-corrected chi connectivity index (χ3v) is 22.2. The Labute approximate surface area is 674 Å². The molecule has 6 aromatic rings. The van der Waals surface area contributed by atoms with Crippen molar-refractivity contribution in [1.82, 2.24) is 20.0 Å². The van der Waals surface area contributed by atoms with E-state index in [-0.39, 0.29) is 191 Å². The summed E-state index contributed by atoms with van der Waals surface area (Å²) in [4.78, 5) is 149. The van der Waals surface area contributed by atoms with E-state index in [0.29, 0.717) is 97.0 Å². The third kappa shape index (κ3) is 24.8. The molecule has 0 aliphatic carbocycles. The topological polar surface area (TPSA) is 353 Å². The van der Waals surface area contributed by atoms with Gasteiger partial charge in [0.25, 0.3) is 11.8 Å². The van der Waals surface area contributed by atoms with Crippen LogP contribution in [0, 0.1) is 11.8 Å². The second kappa shape index (κ2) is 44.3. The molecule has 0 radical (unpaired) electrons. The van der Waals surface area contributed by atoms with Crippen LogP contribution in [-0.4, -0.2) is 260 Å². The van der Waals surface area contributed by atoms with Crippen LogP contribution >= 0.6 is 54.1 Å². The number of thioether (sulfide) groups is 1. The van der Waals surface area contributed by atoms with Gasteiger partial charge in [0.05, 0.1) is 131 Å². The fraction of sp³-hybridized carbons (Fsp3) is 0.500. The summed E-state index contributed by atoms with van der Waals surface area (Å²) in [6.45, 7) is 9.72. The summed E-state index contributed by atoms with van der Waals surface area (Å²) >= 11 is 15.5. The van der Waals surface area contributed by atoms with Gasteiger partial charge in [-0.15, -0.1) is 34.5 Å². The Balaban J connectivity index is 0.692. The van der Waals surface area contributed by atoms with Crippen molar-refractivity contribution in [2.24, 2.45) is 11.8 Å². The SMILES string of the molecule is COCCN(CCN(CCOC)C(=O)Oc1cc2c(c3ccccc13)[C@H](CCl)CN2C(=O)c1ccc(C(=O)N2C[C@@H](CCl)c3c2cc(OP(=O)(O)O)c2ccccc32)s1)C(=O)OCc1ccc(NC(=O)[C@H](C)CC(=O)[C@@H](NC(=O)CCOCCOCCOCCOCCOCCOCCN2C(=O)CC(SC)C2=O)C(C)C)cc1. The minimum atomic E-state index is -5.02. The van der Waals surface area contributed by atoms with Crippen molar-refractivity contribution in [3.63, 3.8) is 0 Å². The minimum Gasteiger partial charge on any atom is -0.445 e. The predicted octanol–water partition coefficient (Wildman–Crippen LogP) is 9.88. The molecule has 3 aliphatic heterocycles. The van der Waals surface area contributed by atoms with Gasteiger partial charge in [0.2, 0.25) is 23.6 Å². The first-order chi connectivity index (χ1) is 54.5. The fourth-order valence-electron chi connectivity index (χ4n) is 13.1. The van der Waals surface area contributed by atoms with Gasteiger partial charge in [-0.2, -0.15) is 11.8 Å². The molecule has 5 aromatic carbocycles. The number of likely N-dealkylation sites (tertiary alicyclic amines) is 1. The number of anilines is 3. The lowest BCUT2D eigenvalue weighted by atomic mass is 9.92. The first kappa shape index (κ1) is 89.0. The van der Waals surface area contributed by atoms with Crippen molar-refractivity contribution in [3.8, 4) is 11.5 Å². The Morgan fingerprint density at radius 3 is 1.58 bits per heavy atom. The number of ether oxygens (including phenoxy) is 10. The van der Waals surface area contributed by atoms with Crippen LogP contribution in [0.3, 0.4) is 0 Å². The largest absolute Gasteiger partial charge is 0.524 e. The maximum atomic E-state index is 14.8. The van der Waals surface area contributed by atoms with Gasteiger partial charge < -0.3 is 82.1 Å². The van der Waals surface area contributed by atoms with Gasteiger partial charge in [0, 0.05) is 131 Å². The first-order valence-corrected chi connectivity index (χ1v) is 41.8. The molecule has 113 heavy (non-hydrogen) atoms. The number of halogens is 2. The van der Waals surface area contributed by atoms with Crippen LogP contribution in [0.4, 0.5) is 26.7 Å². The lowest BCUT2D eigenvalue weighted by Gasteiger charge is -2.27. The summed E-state index contributed by atoms with van der Waals surface area (Å²) in [6.07, 6.45) is 0.435. The number of rotatable bonds is 47. The van der Waals surface area contributed by atoms with Crippen molar-refractivity contribution in [3.05, 3.63) is 124 Å². The number of nitrogens with one attached hydrogen (secondary N) is 2. The minimum absolute atomic E-state index is 0.00795. The highest BCUT2D eigenvalue weighted by Crippen LogP contribution is 2.51. The lowest BCUT2D eigenvalue weighted by molar-refractivity contribution is -0.139. The molecule has 0 bridgehead atoms. The number of ketones is 1. The number of fused-ring (bicyclic) bond motifs is 6. The number of benzene rings is 5. The summed E-state index contributed by atoms with van der Waals surface area (Å²) in [5, 5.41) is 7.65. The molecular formula is C78H98Cl2N7O23PS2. The Hall–Kier alpha value is -7.89. The van der Waals surface area contributed by atoms with Crippen LogP contribution in [0.1, 0.15) is 87.9 Å². The molecule has 5 atom stereocenters. The normalized spacial score (nSPS) is 15.9. The predicted molar refractivity (Wildman–Crippen MR) is 427 cm³/mol. The van der Waals surface area contributed by atoms with E-state index in [4.69, 9.17) is 75.1 Å². The van der Waals surface area contributed by atoms with Crippen LogP contribution in [0.5, 0.6) is 11.5 Å². The molecule has 1 unspecified atom stereocenters. The average Bonchev–Trinajstić information content (AvgIpc) is 1.62. The lowest BCUT2D eigenvalue weighted by Crippen LogP contribution is -2.45. The highest BCUT2D eigenvalue weighted by atomic mass is 35.5. The molecule has 1 saturated heterocycles. The van der Waals surface area contributed by atoms with Gasteiger partial charge in [0.1, 0.15) is 18.1 Å². The second-order valence-electron chi connectivity index (χ2n) is 27.2. The number of carbonyl (C=O) groups is 9. The van der Waals surface area contributed by atoms with Crippen molar-refractivity contribution in [1.29, 1.82) is 0 Å². The Bertz CT molecular complexity index is 4310. The molecule has 0 spiro atoms. The van der Waals surface area contributed by atoms with Crippen LogP contribution in [-0.2, 0) is 77.8 Å².